The first-order valence-electron chi connectivity index (χ1n) is 9.07. The zero-order chi connectivity index (χ0) is 21.5. The van der Waals surface area contributed by atoms with Crippen molar-refractivity contribution in [3.05, 3.63) is 69.9 Å². The normalized spacial score (nSPS) is 10.2. The van der Waals surface area contributed by atoms with E-state index in [-0.39, 0.29) is 18.4 Å². The Bertz CT molecular complexity index is 1020. The molecule has 156 valence electrons. The first-order valence-corrected chi connectivity index (χ1v) is 9.95. The van der Waals surface area contributed by atoms with Crippen LogP contribution in [0.1, 0.15) is 25.6 Å². The molecule has 0 atom stereocenters. The number of carbonyl (C=O) groups is 2. The van der Waals surface area contributed by atoms with Gasteiger partial charge in [-0.1, -0.05) is 6.07 Å². The van der Waals surface area contributed by atoms with Crippen LogP contribution in [0.3, 0.4) is 0 Å². The largest absolute Gasteiger partial charge is 0.496 e. The maximum atomic E-state index is 12.5. The maximum Gasteiger partial charge on any atom is 0.265 e. The van der Waals surface area contributed by atoms with E-state index >= 15 is 0 Å². The van der Waals surface area contributed by atoms with Crippen molar-refractivity contribution in [2.24, 2.45) is 0 Å². The molecule has 0 unspecified atom stereocenters. The van der Waals surface area contributed by atoms with Crippen molar-refractivity contribution in [3.63, 3.8) is 0 Å². The number of nitrogens with one attached hydrogen (secondary N) is 2. The van der Waals surface area contributed by atoms with E-state index in [0.29, 0.717) is 33.4 Å². The number of hydrogen-bond acceptors (Lipinski definition) is 6. The summed E-state index contributed by atoms with van der Waals surface area (Å²) in [6, 6.07) is 13.8. The summed E-state index contributed by atoms with van der Waals surface area (Å²) in [5.74, 6) is 1.25. The molecule has 1 aromatic heterocycles. The van der Waals surface area contributed by atoms with Crippen LogP contribution in [0.4, 0.5) is 5.69 Å². The molecule has 0 radical (unpaired) electrons. The number of thiophene rings is 1. The fourth-order valence-electron chi connectivity index (χ4n) is 2.81. The Morgan fingerprint density at radius 1 is 0.867 bits per heavy atom. The van der Waals surface area contributed by atoms with E-state index in [9.17, 15) is 9.59 Å². The molecular formula is C22H22N2O5S. The molecule has 7 nitrogen and oxygen atoms in total. The van der Waals surface area contributed by atoms with Crippen LogP contribution in [0.25, 0.3) is 0 Å². The number of amides is 2. The number of rotatable bonds is 8. The molecular weight excluding hydrogens is 404 g/mol. The topological polar surface area (TPSA) is 85.9 Å². The average molecular weight is 426 g/mol. The predicted molar refractivity (Wildman–Crippen MR) is 116 cm³/mol. The van der Waals surface area contributed by atoms with E-state index in [1.165, 1.54) is 11.3 Å². The van der Waals surface area contributed by atoms with E-state index in [1.807, 2.05) is 11.4 Å². The summed E-state index contributed by atoms with van der Waals surface area (Å²) in [6.45, 7) is 0.249. The zero-order valence-electron chi connectivity index (χ0n) is 16.9. The lowest BCUT2D eigenvalue weighted by molar-refractivity contribution is 0.0950. The number of hydrogen-bond donors (Lipinski definition) is 2. The van der Waals surface area contributed by atoms with E-state index in [2.05, 4.69) is 10.6 Å². The summed E-state index contributed by atoms with van der Waals surface area (Å²) in [5.41, 5.74) is 1.85. The van der Waals surface area contributed by atoms with Crippen LogP contribution in [-0.4, -0.2) is 33.1 Å². The van der Waals surface area contributed by atoms with Crippen LogP contribution in [-0.2, 0) is 6.54 Å². The molecule has 0 saturated heterocycles. The molecule has 0 spiro atoms. The molecule has 1 heterocycles. The van der Waals surface area contributed by atoms with Gasteiger partial charge in [0.05, 0.1) is 26.2 Å². The van der Waals surface area contributed by atoms with Crippen molar-refractivity contribution in [2.75, 3.05) is 26.6 Å². The van der Waals surface area contributed by atoms with Crippen molar-refractivity contribution < 1.29 is 23.8 Å². The van der Waals surface area contributed by atoms with Crippen molar-refractivity contribution in [3.8, 4) is 17.2 Å². The molecule has 0 aliphatic rings. The number of carbonyl (C=O) groups excluding carboxylic acids is 2. The van der Waals surface area contributed by atoms with Gasteiger partial charge in [-0.3, -0.25) is 9.59 Å². The van der Waals surface area contributed by atoms with Crippen molar-refractivity contribution in [1.82, 2.24) is 5.32 Å². The van der Waals surface area contributed by atoms with Crippen LogP contribution in [0.15, 0.2) is 53.9 Å². The highest BCUT2D eigenvalue weighted by Gasteiger charge is 2.14. The minimum Gasteiger partial charge on any atom is -0.496 e. The third-order valence-corrected chi connectivity index (χ3v) is 5.24. The molecule has 0 fully saturated rings. The predicted octanol–water partition coefficient (Wildman–Crippen LogP) is 3.96. The van der Waals surface area contributed by atoms with Crippen molar-refractivity contribution in [1.29, 1.82) is 0 Å². The summed E-state index contributed by atoms with van der Waals surface area (Å²) >= 11 is 1.37. The molecule has 0 saturated carbocycles. The maximum absolute atomic E-state index is 12.5. The Morgan fingerprint density at radius 3 is 2.13 bits per heavy atom. The van der Waals surface area contributed by atoms with Gasteiger partial charge in [0.1, 0.15) is 5.75 Å². The Morgan fingerprint density at radius 2 is 1.53 bits per heavy atom. The number of ether oxygens (including phenoxy) is 3. The minimum absolute atomic E-state index is 0.178. The monoisotopic (exact) mass is 426 g/mol. The minimum atomic E-state index is -0.247. The van der Waals surface area contributed by atoms with Gasteiger partial charge in [0.15, 0.2) is 11.5 Å². The van der Waals surface area contributed by atoms with Crippen LogP contribution >= 0.6 is 11.3 Å². The Balaban J connectivity index is 1.64. The van der Waals surface area contributed by atoms with Crippen molar-refractivity contribution >= 4 is 28.8 Å². The highest BCUT2D eigenvalue weighted by molar-refractivity contribution is 7.12. The van der Waals surface area contributed by atoms with Crippen LogP contribution in [0, 0.1) is 0 Å². The second kappa shape index (κ2) is 9.80. The lowest BCUT2D eigenvalue weighted by Crippen LogP contribution is -2.23. The Kier molecular flexibility index (Phi) is 6.92. The quantitative estimate of drug-likeness (QED) is 0.570. The zero-order valence-corrected chi connectivity index (χ0v) is 17.7. The average Bonchev–Trinajstić information content (AvgIpc) is 3.32. The van der Waals surface area contributed by atoms with E-state index in [1.54, 1.807) is 63.8 Å². The van der Waals surface area contributed by atoms with Gasteiger partial charge in [0.25, 0.3) is 11.8 Å². The number of anilines is 1. The lowest BCUT2D eigenvalue weighted by atomic mass is 10.1. The summed E-state index contributed by atoms with van der Waals surface area (Å²) in [7, 11) is 4.65. The molecule has 3 rings (SSSR count). The SMILES string of the molecule is COc1cc(OC)c(OC)cc1CNC(=O)c1ccc(NC(=O)c2cccs2)cc1. The fourth-order valence-corrected chi connectivity index (χ4v) is 3.43. The summed E-state index contributed by atoms with van der Waals surface area (Å²) in [6.07, 6.45) is 0. The summed E-state index contributed by atoms with van der Waals surface area (Å²) in [4.78, 5) is 25.2. The van der Waals surface area contributed by atoms with Gasteiger partial charge in [-0.15, -0.1) is 11.3 Å². The molecule has 2 amide bonds. The third-order valence-electron chi connectivity index (χ3n) is 4.38. The highest BCUT2D eigenvalue weighted by atomic mass is 32.1. The van der Waals surface area contributed by atoms with Gasteiger partial charge in [-0.25, -0.2) is 0 Å². The van der Waals surface area contributed by atoms with E-state index in [0.717, 1.165) is 5.56 Å². The fraction of sp³-hybridized carbons (Fsp3) is 0.182. The molecule has 3 aromatic rings. The van der Waals surface area contributed by atoms with Gasteiger partial charge >= 0.3 is 0 Å². The molecule has 2 aromatic carbocycles. The van der Waals surface area contributed by atoms with Gasteiger partial charge in [-0.05, 0) is 41.8 Å². The van der Waals surface area contributed by atoms with E-state index in [4.69, 9.17) is 14.2 Å². The summed E-state index contributed by atoms with van der Waals surface area (Å²) < 4.78 is 16.0. The first kappa shape index (κ1) is 21.2. The van der Waals surface area contributed by atoms with Gasteiger partial charge in [0.2, 0.25) is 0 Å². The third kappa shape index (κ3) is 4.90. The lowest BCUT2D eigenvalue weighted by Gasteiger charge is -2.14. The van der Waals surface area contributed by atoms with Crippen LogP contribution in [0.2, 0.25) is 0 Å². The molecule has 2 N–H and O–H groups in total. The molecule has 0 aliphatic heterocycles. The van der Waals surface area contributed by atoms with E-state index < -0.39 is 0 Å². The standard InChI is InChI=1S/C22H22N2O5S/c1-27-17-12-19(29-3)18(28-2)11-15(17)13-23-21(25)14-6-8-16(9-7-14)24-22(26)20-5-4-10-30-20/h4-12H,13H2,1-3H3,(H,23,25)(H,24,26). The van der Waals surface area contributed by atoms with Gasteiger partial charge in [-0.2, -0.15) is 0 Å². The number of benzene rings is 2. The highest BCUT2D eigenvalue weighted by Crippen LogP contribution is 2.34. The van der Waals surface area contributed by atoms with Crippen LogP contribution < -0.4 is 24.8 Å². The first-order chi connectivity index (χ1) is 14.5. The molecule has 0 aliphatic carbocycles. The van der Waals surface area contributed by atoms with Crippen molar-refractivity contribution in [2.45, 2.75) is 6.54 Å². The molecule has 30 heavy (non-hydrogen) atoms. The second-order valence-corrected chi connectivity index (χ2v) is 7.16. The second-order valence-electron chi connectivity index (χ2n) is 6.21. The molecule has 0 bridgehead atoms. The number of methoxy groups -OCH3 is 3. The molecule has 8 heteroatoms. The Labute approximate surface area is 178 Å². The smallest absolute Gasteiger partial charge is 0.265 e. The van der Waals surface area contributed by atoms with Gasteiger partial charge < -0.3 is 24.8 Å². The van der Waals surface area contributed by atoms with Gasteiger partial charge in [0, 0.05) is 29.4 Å². The Hall–Kier alpha value is -3.52. The van der Waals surface area contributed by atoms with Crippen LogP contribution in [0.5, 0.6) is 17.2 Å². The summed E-state index contributed by atoms with van der Waals surface area (Å²) in [5, 5.41) is 7.51.